The third-order valence-corrected chi connectivity index (χ3v) is 7.62. The van der Waals surface area contributed by atoms with Gasteiger partial charge in [-0.25, -0.2) is 4.98 Å². The van der Waals surface area contributed by atoms with Gasteiger partial charge in [-0.15, -0.1) is 0 Å². The molecule has 3 amide bonds. The molecule has 3 atom stereocenters. The molecule has 0 spiro atoms. The van der Waals surface area contributed by atoms with Gasteiger partial charge in [0.15, 0.2) is 0 Å². The summed E-state index contributed by atoms with van der Waals surface area (Å²) in [5.41, 5.74) is 1.45. The van der Waals surface area contributed by atoms with E-state index in [1.54, 1.807) is 29.6 Å². The number of carbonyl (C=O) groups excluding carboxylic acids is 3. The zero-order valence-corrected chi connectivity index (χ0v) is 20.0. The quantitative estimate of drug-likeness (QED) is 0.608. The van der Waals surface area contributed by atoms with Crippen molar-refractivity contribution in [2.75, 3.05) is 13.1 Å². The molecule has 188 valence electrons. The molecule has 36 heavy (non-hydrogen) atoms. The number of fused-ring (bicyclic) bond motifs is 1. The molecule has 0 radical (unpaired) electrons. The minimum absolute atomic E-state index is 0.0672. The highest BCUT2D eigenvalue weighted by Crippen LogP contribution is 2.34. The topological polar surface area (TPSA) is 114 Å². The van der Waals surface area contributed by atoms with Crippen molar-refractivity contribution >= 4 is 17.7 Å². The van der Waals surface area contributed by atoms with Crippen LogP contribution >= 0.6 is 0 Å². The van der Waals surface area contributed by atoms with Crippen molar-refractivity contribution in [3.8, 4) is 11.6 Å². The SMILES string of the molecule is O=C1CCC(N2Cc3cc(O[C@@H]4CCCC[C@H]4N4CC(Oc5cnccn5)C4)ccc3C2=O)C(=O)N1. The average molecular weight is 492 g/mol. The van der Waals surface area contributed by atoms with Gasteiger partial charge < -0.3 is 14.4 Å². The molecule has 2 aromatic rings. The molecule has 4 heterocycles. The monoisotopic (exact) mass is 491 g/mol. The Kier molecular flexibility index (Phi) is 6.04. The minimum Gasteiger partial charge on any atom is -0.489 e. The lowest BCUT2D eigenvalue weighted by molar-refractivity contribution is -0.136. The summed E-state index contributed by atoms with van der Waals surface area (Å²) >= 11 is 0. The Balaban J connectivity index is 1.09. The summed E-state index contributed by atoms with van der Waals surface area (Å²) in [7, 11) is 0. The summed E-state index contributed by atoms with van der Waals surface area (Å²) in [6, 6.07) is 5.28. The predicted molar refractivity (Wildman–Crippen MR) is 127 cm³/mol. The molecule has 1 N–H and O–H groups in total. The number of aromatic nitrogens is 2. The van der Waals surface area contributed by atoms with E-state index in [4.69, 9.17) is 9.47 Å². The van der Waals surface area contributed by atoms with Gasteiger partial charge in [0, 0.05) is 50.1 Å². The van der Waals surface area contributed by atoms with Crippen LogP contribution < -0.4 is 14.8 Å². The van der Waals surface area contributed by atoms with Crippen molar-refractivity contribution in [3.05, 3.63) is 47.9 Å². The van der Waals surface area contributed by atoms with Crippen LogP contribution in [0.5, 0.6) is 11.6 Å². The number of piperidine rings is 1. The van der Waals surface area contributed by atoms with Gasteiger partial charge in [-0.3, -0.25) is 29.6 Å². The standard InChI is InChI=1S/C26H29N5O5/c32-23-8-7-21(25(33)29-23)31-13-16-11-17(5-6-19(16)26(31)34)35-22-4-2-1-3-20(22)30-14-18(15-30)36-24-12-27-9-10-28-24/h5-6,9-12,18,20-22H,1-4,7-8,13-15H2,(H,29,32,33)/t20-,21?,22-/m1/s1. The summed E-state index contributed by atoms with van der Waals surface area (Å²) in [5, 5.41) is 2.35. The van der Waals surface area contributed by atoms with Gasteiger partial charge in [-0.2, -0.15) is 0 Å². The van der Waals surface area contributed by atoms with E-state index in [1.165, 1.54) is 6.42 Å². The lowest BCUT2D eigenvalue weighted by Crippen LogP contribution is -2.62. The van der Waals surface area contributed by atoms with Crippen LogP contribution in [0.4, 0.5) is 0 Å². The third kappa shape index (κ3) is 4.41. The van der Waals surface area contributed by atoms with Crippen LogP contribution in [-0.4, -0.2) is 74.9 Å². The number of amides is 3. The summed E-state index contributed by atoms with van der Waals surface area (Å²) < 4.78 is 12.4. The van der Waals surface area contributed by atoms with E-state index >= 15 is 0 Å². The summed E-state index contributed by atoms with van der Waals surface area (Å²) in [5.74, 6) is 0.447. The van der Waals surface area contributed by atoms with E-state index in [0.717, 1.165) is 43.7 Å². The maximum atomic E-state index is 13.0. The van der Waals surface area contributed by atoms with Crippen molar-refractivity contribution in [1.29, 1.82) is 0 Å². The first-order valence-electron chi connectivity index (χ1n) is 12.7. The highest BCUT2D eigenvalue weighted by atomic mass is 16.5. The number of carbonyl (C=O) groups is 3. The Morgan fingerprint density at radius 3 is 2.67 bits per heavy atom. The van der Waals surface area contributed by atoms with Crippen LogP contribution in [-0.2, 0) is 16.1 Å². The van der Waals surface area contributed by atoms with Crippen LogP contribution in [0, 0.1) is 0 Å². The first-order chi connectivity index (χ1) is 17.5. The zero-order chi connectivity index (χ0) is 24.6. The second kappa shape index (κ2) is 9.50. The summed E-state index contributed by atoms with van der Waals surface area (Å²) in [6.45, 7) is 2.01. The Labute approximate surface area is 209 Å². The number of nitrogens with zero attached hydrogens (tertiary/aromatic N) is 4. The van der Waals surface area contributed by atoms with E-state index in [2.05, 4.69) is 20.2 Å². The summed E-state index contributed by atoms with van der Waals surface area (Å²) in [6.07, 6.45) is 10.0. The maximum Gasteiger partial charge on any atom is 0.255 e. The lowest BCUT2D eigenvalue weighted by Gasteiger charge is -2.47. The van der Waals surface area contributed by atoms with E-state index in [1.807, 2.05) is 12.1 Å². The molecular weight excluding hydrogens is 462 g/mol. The molecule has 1 saturated carbocycles. The molecule has 1 aromatic carbocycles. The van der Waals surface area contributed by atoms with Gasteiger partial charge in [0.1, 0.15) is 24.0 Å². The number of nitrogens with one attached hydrogen (secondary N) is 1. The van der Waals surface area contributed by atoms with Gasteiger partial charge in [-0.1, -0.05) is 6.42 Å². The third-order valence-electron chi connectivity index (χ3n) is 7.62. The van der Waals surface area contributed by atoms with Crippen LogP contribution in [0.1, 0.15) is 54.4 Å². The molecule has 6 rings (SSSR count). The lowest BCUT2D eigenvalue weighted by atomic mass is 9.89. The molecule has 0 bridgehead atoms. The first-order valence-corrected chi connectivity index (χ1v) is 12.7. The van der Waals surface area contributed by atoms with E-state index in [9.17, 15) is 14.4 Å². The number of hydrogen-bond acceptors (Lipinski definition) is 8. The zero-order valence-electron chi connectivity index (χ0n) is 20.0. The highest BCUT2D eigenvalue weighted by Gasteiger charge is 2.41. The molecule has 3 aliphatic heterocycles. The largest absolute Gasteiger partial charge is 0.489 e. The number of ether oxygens (including phenoxy) is 2. The number of rotatable bonds is 6. The van der Waals surface area contributed by atoms with Crippen molar-refractivity contribution in [2.24, 2.45) is 0 Å². The van der Waals surface area contributed by atoms with Crippen molar-refractivity contribution in [1.82, 2.24) is 25.1 Å². The van der Waals surface area contributed by atoms with Crippen molar-refractivity contribution in [3.63, 3.8) is 0 Å². The fraction of sp³-hybridized carbons (Fsp3) is 0.500. The van der Waals surface area contributed by atoms with Gasteiger partial charge >= 0.3 is 0 Å². The van der Waals surface area contributed by atoms with Crippen LogP contribution in [0.2, 0.25) is 0 Å². The average Bonchev–Trinajstić information content (AvgIpc) is 3.18. The number of imide groups is 1. The molecule has 1 unspecified atom stereocenters. The molecule has 3 fully saturated rings. The molecule has 1 aromatic heterocycles. The van der Waals surface area contributed by atoms with Crippen LogP contribution in [0.25, 0.3) is 0 Å². The van der Waals surface area contributed by atoms with Crippen LogP contribution in [0.15, 0.2) is 36.8 Å². The van der Waals surface area contributed by atoms with E-state index in [-0.39, 0.29) is 30.4 Å². The molecule has 2 saturated heterocycles. The van der Waals surface area contributed by atoms with Crippen molar-refractivity contribution < 1.29 is 23.9 Å². The fourth-order valence-electron chi connectivity index (χ4n) is 5.76. The smallest absolute Gasteiger partial charge is 0.255 e. The molecule has 10 nitrogen and oxygen atoms in total. The van der Waals surface area contributed by atoms with Gasteiger partial charge in [0.2, 0.25) is 17.7 Å². The van der Waals surface area contributed by atoms with Gasteiger partial charge in [0.05, 0.1) is 6.20 Å². The normalized spacial score (nSPS) is 26.8. The Morgan fingerprint density at radius 2 is 1.86 bits per heavy atom. The van der Waals surface area contributed by atoms with E-state index < -0.39 is 11.9 Å². The fourth-order valence-corrected chi connectivity index (χ4v) is 5.76. The summed E-state index contributed by atoms with van der Waals surface area (Å²) in [4.78, 5) is 49.0. The highest BCUT2D eigenvalue weighted by molar-refractivity contribution is 6.05. The number of likely N-dealkylation sites (tertiary alicyclic amines) is 1. The van der Waals surface area contributed by atoms with Gasteiger partial charge in [-0.05, 0) is 49.4 Å². The second-order valence-corrected chi connectivity index (χ2v) is 9.96. The predicted octanol–water partition coefficient (Wildman–Crippen LogP) is 1.69. The molecule has 1 aliphatic carbocycles. The Bertz CT molecular complexity index is 1170. The minimum atomic E-state index is -0.613. The van der Waals surface area contributed by atoms with E-state index in [0.29, 0.717) is 30.5 Å². The number of benzene rings is 1. The van der Waals surface area contributed by atoms with Crippen LogP contribution in [0.3, 0.4) is 0 Å². The Morgan fingerprint density at radius 1 is 1.00 bits per heavy atom. The first kappa shape index (κ1) is 22.9. The van der Waals surface area contributed by atoms with Crippen molar-refractivity contribution in [2.45, 2.75) is 69.4 Å². The maximum absolute atomic E-state index is 13.0. The molecular formula is C26H29N5O5. The molecule has 10 heteroatoms. The molecule has 4 aliphatic rings. The number of hydrogen-bond donors (Lipinski definition) is 1. The van der Waals surface area contributed by atoms with Gasteiger partial charge in [0.25, 0.3) is 5.91 Å². The Hall–Kier alpha value is -3.53. The second-order valence-electron chi connectivity index (χ2n) is 9.96.